The van der Waals surface area contributed by atoms with Crippen molar-refractivity contribution in [3.63, 3.8) is 0 Å². The Bertz CT molecular complexity index is 141. The van der Waals surface area contributed by atoms with E-state index in [0.717, 1.165) is 11.3 Å². The average Bonchev–Trinajstić information content (AvgIpc) is 1.59. The molecule has 0 bridgehead atoms. The van der Waals surface area contributed by atoms with E-state index in [1.807, 2.05) is 14.1 Å². The lowest BCUT2D eigenvalue weighted by molar-refractivity contribution is 0.629. The van der Waals surface area contributed by atoms with Crippen LogP contribution in [0.1, 0.15) is 0 Å². The van der Waals surface area contributed by atoms with Gasteiger partial charge in [0.2, 0.25) is 7.55 Å². The number of hydrogen-bond donors (Lipinski definition) is 0. The minimum absolute atomic E-state index is 0.914. The molecule has 0 unspecified atom stereocenters. The van der Waals surface area contributed by atoms with E-state index < -0.39 is 14.2 Å². The van der Waals surface area contributed by atoms with E-state index in [2.05, 4.69) is 4.57 Å². The molecule has 1 rings (SSSR count). The highest BCUT2D eigenvalue weighted by molar-refractivity contribution is 7.58. The first kappa shape index (κ1) is 9.35. The molecule has 1 aliphatic heterocycles. The minimum Gasteiger partial charge on any atom is -0.317 e. The molecule has 60 valence electrons. The van der Waals surface area contributed by atoms with Gasteiger partial charge in [0.1, 0.15) is 0 Å². The second-order valence-electron chi connectivity index (χ2n) is 3.02. The van der Waals surface area contributed by atoms with Gasteiger partial charge < -0.3 is 4.57 Å². The Morgan fingerprint density at radius 2 is 1.50 bits per heavy atom. The molecule has 0 aliphatic carbocycles. The molecule has 1 fully saturated rings. The van der Waals surface area contributed by atoms with Crippen molar-refractivity contribution in [2.24, 2.45) is 0 Å². The van der Waals surface area contributed by atoms with Crippen molar-refractivity contribution in [1.82, 2.24) is 4.57 Å². The van der Waals surface area contributed by atoms with Crippen LogP contribution >= 0.6 is 33.2 Å². The van der Waals surface area contributed by atoms with Crippen molar-refractivity contribution < 1.29 is 0 Å². The Morgan fingerprint density at radius 1 is 1.10 bits per heavy atom. The average molecular weight is 235 g/mol. The Balaban J connectivity index is 2.50. The van der Waals surface area contributed by atoms with Gasteiger partial charge in [-0.25, -0.2) is 0 Å². The van der Waals surface area contributed by atoms with Crippen molar-refractivity contribution >= 4 is 47.5 Å². The Hall–Kier alpha value is 1.26. The van der Waals surface area contributed by atoms with Crippen molar-refractivity contribution in [2.45, 2.75) is 11.3 Å². The maximum Gasteiger partial charge on any atom is 0.251 e. The fraction of sp³-hybridized carbons (Fsp3) is 1.00. The maximum atomic E-state index is 6.26. The fourth-order valence-corrected chi connectivity index (χ4v) is 24.0. The van der Waals surface area contributed by atoms with Crippen LogP contribution in [0, 0.1) is 0 Å². The lowest BCUT2D eigenvalue weighted by Crippen LogP contribution is -2.61. The Kier molecular flexibility index (Phi) is 2.47. The fourth-order valence-electron chi connectivity index (χ4n) is 1.06. The predicted octanol–water partition coefficient (Wildman–Crippen LogP) is 2.24. The maximum absolute atomic E-state index is 6.26. The number of hydrogen-bond acceptors (Lipinski definition) is 1. The standard InChI is InChI=1S/C4H10Cl3NSi2/c1-8(2)10(7)3-9(5,6)4-10/h3-4H2,1-2H3. The zero-order valence-electron chi connectivity index (χ0n) is 6.00. The minimum atomic E-state index is -1.82. The summed E-state index contributed by atoms with van der Waals surface area (Å²) in [5, 5.41) is 0. The van der Waals surface area contributed by atoms with Gasteiger partial charge in [-0.1, -0.05) is 0 Å². The van der Waals surface area contributed by atoms with Crippen LogP contribution in [-0.2, 0) is 0 Å². The van der Waals surface area contributed by atoms with Gasteiger partial charge in [0.05, 0.1) is 0 Å². The molecule has 0 saturated carbocycles. The molecule has 10 heavy (non-hydrogen) atoms. The molecule has 0 aromatic rings. The Labute approximate surface area is 77.5 Å². The van der Waals surface area contributed by atoms with Crippen LogP contribution in [0.2, 0.25) is 11.3 Å². The summed E-state index contributed by atoms with van der Waals surface area (Å²) in [6.45, 7) is -1.82. The second kappa shape index (κ2) is 2.64. The summed E-state index contributed by atoms with van der Waals surface area (Å²) in [5.74, 6) is 0. The predicted molar refractivity (Wildman–Crippen MR) is 52.4 cm³/mol. The summed E-state index contributed by atoms with van der Waals surface area (Å²) in [7, 11) is 2.42. The van der Waals surface area contributed by atoms with Crippen LogP contribution in [0.25, 0.3) is 0 Å². The summed E-state index contributed by atoms with van der Waals surface area (Å²) < 4.78 is 2.12. The smallest absolute Gasteiger partial charge is 0.251 e. The molecule has 0 spiro atoms. The van der Waals surface area contributed by atoms with Gasteiger partial charge in [-0.05, 0) is 25.4 Å². The molecular weight excluding hydrogens is 225 g/mol. The van der Waals surface area contributed by atoms with E-state index in [1.165, 1.54) is 0 Å². The molecule has 1 nitrogen and oxygen atoms in total. The van der Waals surface area contributed by atoms with E-state index in [-0.39, 0.29) is 0 Å². The van der Waals surface area contributed by atoms with Crippen LogP contribution in [0.15, 0.2) is 0 Å². The highest BCUT2D eigenvalue weighted by Crippen LogP contribution is 2.48. The third-order valence-electron chi connectivity index (χ3n) is 1.86. The van der Waals surface area contributed by atoms with Gasteiger partial charge in [-0.15, -0.1) is 33.2 Å². The van der Waals surface area contributed by atoms with E-state index in [9.17, 15) is 0 Å². The first-order valence-electron chi connectivity index (χ1n) is 3.10. The lowest BCUT2D eigenvalue weighted by atomic mass is 11.3. The van der Waals surface area contributed by atoms with Crippen LogP contribution in [0.3, 0.4) is 0 Å². The van der Waals surface area contributed by atoms with Crippen molar-refractivity contribution in [3.05, 3.63) is 0 Å². The quantitative estimate of drug-likeness (QED) is 0.497. The molecule has 1 heterocycles. The van der Waals surface area contributed by atoms with E-state index >= 15 is 0 Å². The number of nitrogens with zero attached hydrogens (tertiary/aromatic N) is 1. The van der Waals surface area contributed by atoms with E-state index in [1.54, 1.807) is 0 Å². The zero-order chi connectivity index (χ0) is 7.99. The zero-order valence-corrected chi connectivity index (χ0v) is 10.3. The molecule has 1 aliphatic rings. The van der Waals surface area contributed by atoms with Crippen LogP contribution in [0.4, 0.5) is 0 Å². The number of halogens is 3. The highest BCUT2D eigenvalue weighted by atomic mass is 35.7. The van der Waals surface area contributed by atoms with Gasteiger partial charge in [0.15, 0.2) is 0 Å². The molecule has 0 aromatic heterocycles. The summed E-state index contributed by atoms with van der Waals surface area (Å²) in [6, 6.07) is 0. The van der Waals surface area contributed by atoms with Gasteiger partial charge in [0, 0.05) is 0 Å². The van der Waals surface area contributed by atoms with Gasteiger partial charge >= 0.3 is 0 Å². The van der Waals surface area contributed by atoms with Gasteiger partial charge in [0.25, 0.3) is 6.69 Å². The van der Waals surface area contributed by atoms with Crippen molar-refractivity contribution in [2.75, 3.05) is 14.1 Å². The van der Waals surface area contributed by atoms with E-state index in [4.69, 9.17) is 33.2 Å². The normalized spacial score (nSPS) is 28.2. The molecule has 0 aromatic carbocycles. The molecule has 0 N–H and O–H groups in total. The summed E-state index contributed by atoms with van der Waals surface area (Å²) in [5.41, 5.74) is 1.83. The molecule has 0 radical (unpaired) electrons. The monoisotopic (exact) mass is 233 g/mol. The van der Waals surface area contributed by atoms with Gasteiger partial charge in [-0.3, -0.25) is 0 Å². The second-order valence-corrected chi connectivity index (χ2v) is 17.3. The topological polar surface area (TPSA) is 3.24 Å². The largest absolute Gasteiger partial charge is 0.317 e. The third-order valence-corrected chi connectivity index (χ3v) is 20.2. The van der Waals surface area contributed by atoms with Crippen LogP contribution in [0.5, 0.6) is 0 Å². The molecule has 1 saturated heterocycles. The van der Waals surface area contributed by atoms with E-state index in [0.29, 0.717) is 0 Å². The van der Waals surface area contributed by atoms with Crippen LogP contribution in [-0.4, -0.2) is 32.9 Å². The van der Waals surface area contributed by atoms with Crippen molar-refractivity contribution in [1.29, 1.82) is 0 Å². The summed E-state index contributed by atoms with van der Waals surface area (Å²) in [6.07, 6.45) is 0. The molecule has 0 amide bonds. The molecule has 0 atom stereocenters. The first-order valence-corrected chi connectivity index (χ1v) is 10.9. The first-order chi connectivity index (χ1) is 4.36. The molecule has 6 heteroatoms. The third kappa shape index (κ3) is 1.70. The Morgan fingerprint density at radius 3 is 1.60 bits per heavy atom. The SMILES string of the molecule is CN(C)[Si]1(Cl)C[Si](Cl)(Cl)C1. The highest BCUT2D eigenvalue weighted by Gasteiger charge is 2.58. The van der Waals surface area contributed by atoms with Crippen LogP contribution < -0.4 is 0 Å². The van der Waals surface area contributed by atoms with Crippen molar-refractivity contribution in [3.8, 4) is 0 Å². The molecular formula is C4H10Cl3NSi2. The number of rotatable bonds is 1. The summed E-state index contributed by atoms with van der Waals surface area (Å²) in [4.78, 5) is 0. The lowest BCUT2D eigenvalue weighted by Gasteiger charge is -2.45. The summed E-state index contributed by atoms with van der Waals surface area (Å²) >= 11 is 18.2. The van der Waals surface area contributed by atoms with Gasteiger partial charge in [-0.2, -0.15) is 0 Å².